The van der Waals surface area contributed by atoms with Crippen LogP contribution < -0.4 is 5.32 Å². The third-order valence-corrected chi connectivity index (χ3v) is 3.87. The molecule has 0 saturated heterocycles. The van der Waals surface area contributed by atoms with Gasteiger partial charge in [0.05, 0.1) is 12.1 Å². The maximum absolute atomic E-state index is 12.4. The molecule has 0 radical (unpaired) electrons. The van der Waals surface area contributed by atoms with E-state index < -0.39 is 0 Å². The number of methoxy groups -OCH3 is 1. The van der Waals surface area contributed by atoms with E-state index in [-0.39, 0.29) is 24.7 Å². The number of ether oxygens (including phenoxy) is 1. The Balaban J connectivity index is 2.14. The minimum absolute atomic E-state index is 0.0779. The van der Waals surface area contributed by atoms with E-state index in [1.807, 2.05) is 19.1 Å². The molecule has 1 aliphatic carbocycles. The summed E-state index contributed by atoms with van der Waals surface area (Å²) in [6, 6.07) is 5.57. The Kier molecular flexibility index (Phi) is 5.38. The van der Waals surface area contributed by atoms with Gasteiger partial charge in [0.2, 0.25) is 0 Å². The van der Waals surface area contributed by atoms with Gasteiger partial charge in [-0.25, -0.2) is 0 Å². The van der Waals surface area contributed by atoms with Gasteiger partial charge in [-0.3, -0.25) is 4.79 Å². The Bertz CT molecular complexity index is 571. The molecule has 2 rings (SSSR count). The van der Waals surface area contributed by atoms with Gasteiger partial charge in [-0.2, -0.15) is 0 Å². The Morgan fingerprint density at radius 3 is 3.00 bits per heavy atom. The molecular weight excluding hydrogens is 266 g/mol. The molecule has 1 amide bonds. The third kappa shape index (κ3) is 3.84. The van der Waals surface area contributed by atoms with Gasteiger partial charge in [0.1, 0.15) is 6.61 Å². The standard InChI is InChI=1S/C17H21NO3/c1-12-8-9-13(5-4-10-19)11-14(12)17(20)18-15-6-3-7-16(15)21-2/h8-9,11,15-16,19H,3,6-7,10H2,1-2H3,(H,18,20). The van der Waals surface area contributed by atoms with Gasteiger partial charge in [0.15, 0.2) is 0 Å². The van der Waals surface area contributed by atoms with Crippen LogP contribution in [0.25, 0.3) is 0 Å². The van der Waals surface area contributed by atoms with Crippen LogP contribution in [0.3, 0.4) is 0 Å². The molecule has 0 bridgehead atoms. The number of hydrogen-bond donors (Lipinski definition) is 2. The van der Waals surface area contributed by atoms with Crippen LogP contribution in [-0.4, -0.2) is 36.9 Å². The van der Waals surface area contributed by atoms with E-state index in [0.29, 0.717) is 5.56 Å². The highest BCUT2D eigenvalue weighted by Gasteiger charge is 2.28. The summed E-state index contributed by atoms with van der Waals surface area (Å²) in [5.41, 5.74) is 2.27. The molecule has 2 atom stereocenters. The smallest absolute Gasteiger partial charge is 0.251 e. The zero-order chi connectivity index (χ0) is 15.2. The highest BCUT2D eigenvalue weighted by Crippen LogP contribution is 2.22. The number of aliphatic hydroxyl groups excluding tert-OH is 1. The van der Waals surface area contributed by atoms with Crippen LogP contribution in [0.1, 0.15) is 40.7 Å². The Morgan fingerprint density at radius 1 is 1.48 bits per heavy atom. The van der Waals surface area contributed by atoms with Crippen molar-refractivity contribution in [2.75, 3.05) is 13.7 Å². The van der Waals surface area contributed by atoms with Crippen LogP contribution in [0, 0.1) is 18.8 Å². The second-order valence-electron chi connectivity index (χ2n) is 5.27. The van der Waals surface area contributed by atoms with Crippen molar-refractivity contribution in [3.8, 4) is 11.8 Å². The number of rotatable bonds is 3. The Hall–Kier alpha value is -1.83. The summed E-state index contributed by atoms with van der Waals surface area (Å²) in [4.78, 5) is 12.4. The summed E-state index contributed by atoms with van der Waals surface area (Å²) in [5.74, 6) is 5.33. The van der Waals surface area contributed by atoms with Gasteiger partial charge < -0.3 is 15.2 Å². The summed E-state index contributed by atoms with van der Waals surface area (Å²) in [6.07, 6.45) is 3.12. The average Bonchev–Trinajstić information content (AvgIpc) is 2.93. The van der Waals surface area contributed by atoms with Crippen LogP contribution in [0.4, 0.5) is 0 Å². The molecule has 112 valence electrons. The molecule has 21 heavy (non-hydrogen) atoms. The summed E-state index contributed by atoms with van der Waals surface area (Å²) in [5, 5.41) is 11.8. The van der Waals surface area contributed by atoms with E-state index in [2.05, 4.69) is 17.2 Å². The fourth-order valence-electron chi connectivity index (χ4n) is 2.71. The van der Waals surface area contributed by atoms with Gasteiger partial charge in [-0.1, -0.05) is 17.9 Å². The van der Waals surface area contributed by atoms with E-state index in [1.54, 1.807) is 13.2 Å². The number of amides is 1. The maximum Gasteiger partial charge on any atom is 0.251 e. The average molecular weight is 287 g/mol. The predicted octanol–water partition coefficient (Wildman–Crippen LogP) is 1.64. The number of carbonyl (C=O) groups is 1. The van der Waals surface area contributed by atoms with Crippen molar-refractivity contribution in [1.29, 1.82) is 0 Å². The molecule has 2 N–H and O–H groups in total. The fourth-order valence-corrected chi connectivity index (χ4v) is 2.71. The van der Waals surface area contributed by atoms with Crippen molar-refractivity contribution in [2.45, 2.75) is 38.3 Å². The van der Waals surface area contributed by atoms with Crippen molar-refractivity contribution < 1.29 is 14.6 Å². The van der Waals surface area contributed by atoms with Crippen molar-refractivity contribution in [3.05, 3.63) is 34.9 Å². The first kappa shape index (κ1) is 15.6. The van der Waals surface area contributed by atoms with E-state index in [1.165, 1.54) is 0 Å². The van der Waals surface area contributed by atoms with Crippen molar-refractivity contribution in [1.82, 2.24) is 5.32 Å². The van der Waals surface area contributed by atoms with Crippen LogP contribution in [0.5, 0.6) is 0 Å². The lowest BCUT2D eigenvalue weighted by Crippen LogP contribution is -2.40. The zero-order valence-corrected chi connectivity index (χ0v) is 12.5. The molecular formula is C17H21NO3. The highest BCUT2D eigenvalue weighted by molar-refractivity contribution is 5.96. The summed E-state index contributed by atoms with van der Waals surface area (Å²) in [6.45, 7) is 1.72. The molecule has 1 aliphatic rings. The van der Waals surface area contributed by atoms with E-state index in [4.69, 9.17) is 9.84 Å². The first-order chi connectivity index (χ1) is 10.2. The molecule has 4 nitrogen and oxygen atoms in total. The van der Waals surface area contributed by atoms with Crippen molar-refractivity contribution >= 4 is 5.91 Å². The first-order valence-electron chi connectivity index (χ1n) is 7.19. The largest absolute Gasteiger partial charge is 0.384 e. The Morgan fingerprint density at radius 2 is 2.29 bits per heavy atom. The SMILES string of the molecule is COC1CCCC1NC(=O)c1cc(C#CCO)ccc1C. The normalized spacial score (nSPS) is 20.7. The second-order valence-corrected chi connectivity index (χ2v) is 5.27. The lowest BCUT2D eigenvalue weighted by Gasteiger charge is -2.20. The molecule has 2 unspecified atom stereocenters. The third-order valence-electron chi connectivity index (χ3n) is 3.87. The van der Waals surface area contributed by atoms with Gasteiger partial charge in [0.25, 0.3) is 5.91 Å². The molecule has 1 aromatic carbocycles. The fraction of sp³-hybridized carbons (Fsp3) is 0.471. The van der Waals surface area contributed by atoms with Gasteiger partial charge in [0, 0.05) is 18.2 Å². The zero-order valence-electron chi connectivity index (χ0n) is 12.5. The first-order valence-corrected chi connectivity index (χ1v) is 7.19. The van der Waals surface area contributed by atoms with Crippen LogP contribution >= 0.6 is 0 Å². The van der Waals surface area contributed by atoms with Crippen molar-refractivity contribution in [2.24, 2.45) is 0 Å². The molecule has 0 aromatic heterocycles. The number of aryl methyl sites for hydroxylation is 1. The number of nitrogens with one attached hydrogen (secondary N) is 1. The molecule has 1 saturated carbocycles. The summed E-state index contributed by atoms with van der Waals surface area (Å²) in [7, 11) is 1.69. The summed E-state index contributed by atoms with van der Waals surface area (Å²) < 4.78 is 5.40. The monoisotopic (exact) mass is 287 g/mol. The van der Waals surface area contributed by atoms with E-state index >= 15 is 0 Å². The van der Waals surface area contributed by atoms with E-state index in [0.717, 1.165) is 30.4 Å². The number of carbonyl (C=O) groups excluding carboxylic acids is 1. The molecule has 0 aliphatic heterocycles. The Labute approximate surface area is 125 Å². The molecule has 0 spiro atoms. The predicted molar refractivity (Wildman–Crippen MR) is 81.0 cm³/mol. The number of hydrogen-bond acceptors (Lipinski definition) is 3. The van der Waals surface area contributed by atoms with Gasteiger partial charge in [-0.15, -0.1) is 0 Å². The molecule has 1 aromatic rings. The van der Waals surface area contributed by atoms with Crippen LogP contribution in [-0.2, 0) is 4.74 Å². The topological polar surface area (TPSA) is 58.6 Å². The maximum atomic E-state index is 12.4. The highest BCUT2D eigenvalue weighted by atomic mass is 16.5. The van der Waals surface area contributed by atoms with E-state index in [9.17, 15) is 4.79 Å². The van der Waals surface area contributed by atoms with Gasteiger partial charge in [-0.05, 0) is 43.9 Å². The minimum Gasteiger partial charge on any atom is -0.384 e. The molecule has 4 heteroatoms. The minimum atomic E-state index is -0.188. The number of benzene rings is 1. The lowest BCUT2D eigenvalue weighted by molar-refractivity contribution is 0.0722. The van der Waals surface area contributed by atoms with Crippen molar-refractivity contribution in [3.63, 3.8) is 0 Å². The molecule has 0 heterocycles. The second kappa shape index (κ2) is 7.26. The van der Waals surface area contributed by atoms with Crippen LogP contribution in [0.2, 0.25) is 0 Å². The molecule has 1 fully saturated rings. The quantitative estimate of drug-likeness (QED) is 0.831. The van der Waals surface area contributed by atoms with Crippen LogP contribution in [0.15, 0.2) is 18.2 Å². The lowest BCUT2D eigenvalue weighted by atomic mass is 10.0. The summed E-state index contributed by atoms with van der Waals surface area (Å²) >= 11 is 0. The van der Waals surface area contributed by atoms with Gasteiger partial charge >= 0.3 is 0 Å². The number of aliphatic hydroxyl groups is 1.